The van der Waals surface area contributed by atoms with Crippen molar-refractivity contribution in [1.82, 2.24) is 0 Å². The van der Waals surface area contributed by atoms with Gasteiger partial charge in [0.05, 0.1) is 11.5 Å². The van der Waals surface area contributed by atoms with Crippen LogP contribution < -0.4 is 0 Å². The highest BCUT2D eigenvalue weighted by Gasteiger charge is 2.19. The molecule has 0 aromatic rings. The minimum Gasteiger partial charge on any atom is -0.229 e. The lowest BCUT2D eigenvalue weighted by Gasteiger charge is -2.10. The maximum atomic E-state index is 11.4. The lowest BCUT2D eigenvalue weighted by molar-refractivity contribution is 0.590. The molecule has 0 heterocycles. The minimum absolute atomic E-state index is 0.0360. The second-order valence-corrected chi connectivity index (χ2v) is 6.48. The standard InChI is InChI=1S/C8H16Cl2O2S/c1-3-7(9)5-13(11,12)6-8(10)4-2/h7-8H,3-6H2,1-2H3. The Kier molecular flexibility index (Phi) is 6.34. The molecule has 0 amide bonds. The molecule has 0 aliphatic carbocycles. The second-order valence-electron chi connectivity index (χ2n) is 3.09. The first-order chi connectivity index (χ1) is 5.91. The molecule has 0 radical (unpaired) electrons. The van der Waals surface area contributed by atoms with Gasteiger partial charge in [0.15, 0.2) is 9.84 Å². The second kappa shape index (κ2) is 6.10. The molecule has 0 spiro atoms. The highest BCUT2D eigenvalue weighted by molar-refractivity contribution is 7.91. The molecule has 0 saturated carbocycles. The van der Waals surface area contributed by atoms with E-state index in [0.717, 1.165) is 0 Å². The normalized spacial score (nSPS) is 16.9. The van der Waals surface area contributed by atoms with E-state index >= 15 is 0 Å². The molecule has 0 aliphatic rings. The van der Waals surface area contributed by atoms with Crippen LogP contribution in [0.1, 0.15) is 26.7 Å². The van der Waals surface area contributed by atoms with E-state index in [2.05, 4.69) is 0 Å². The molecule has 0 aliphatic heterocycles. The average molecular weight is 247 g/mol. The predicted molar refractivity (Wildman–Crippen MR) is 58.5 cm³/mol. The zero-order valence-corrected chi connectivity index (χ0v) is 10.3. The van der Waals surface area contributed by atoms with E-state index in [1.165, 1.54) is 0 Å². The molecule has 2 nitrogen and oxygen atoms in total. The van der Waals surface area contributed by atoms with E-state index in [1.807, 2.05) is 13.8 Å². The topological polar surface area (TPSA) is 34.1 Å². The zero-order chi connectivity index (χ0) is 10.5. The van der Waals surface area contributed by atoms with Crippen molar-refractivity contribution in [2.24, 2.45) is 0 Å². The van der Waals surface area contributed by atoms with Crippen molar-refractivity contribution in [1.29, 1.82) is 0 Å². The van der Waals surface area contributed by atoms with Crippen LogP contribution >= 0.6 is 23.2 Å². The summed E-state index contributed by atoms with van der Waals surface area (Å²) in [6.07, 6.45) is 1.33. The molecule has 2 unspecified atom stereocenters. The van der Waals surface area contributed by atoms with Crippen LogP contribution in [0.15, 0.2) is 0 Å². The number of alkyl halides is 2. The Morgan fingerprint density at radius 3 is 1.54 bits per heavy atom. The van der Waals surface area contributed by atoms with Gasteiger partial charge in [-0.25, -0.2) is 8.42 Å². The summed E-state index contributed by atoms with van der Waals surface area (Å²) < 4.78 is 22.8. The molecule has 0 saturated heterocycles. The zero-order valence-electron chi connectivity index (χ0n) is 7.96. The van der Waals surface area contributed by atoms with E-state index in [4.69, 9.17) is 23.2 Å². The average Bonchev–Trinajstić information content (AvgIpc) is 2.02. The predicted octanol–water partition coefficient (Wildman–Crippen LogP) is 2.44. The van der Waals surface area contributed by atoms with Crippen molar-refractivity contribution in [2.75, 3.05) is 11.5 Å². The largest absolute Gasteiger partial charge is 0.229 e. The first-order valence-electron chi connectivity index (χ1n) is 4.39. The third-order valence-corrected chi connectivity index (χ3v) is 4.87. The monoisotopic (exact) mass is 246 g/mol. The molecular weight excluding hydrogens is 231 g/mol. The smallest absolute Gasteiger partial charge is 0.153 e. The van der Waals surface area contributed by atoms with Gasteiger partial charge in [0.1, 0.15) is 0 Å². The fourth-order valence-electron chi connectivity index (χ4n) is 0.855. The van der Waals surface area contributed by atoms with Crippen LogP contribution in [0.5, 0.6) is 0 Å². The maximum absolute atomic E-state index is 11.4. The van der Waals surface area contributed by atoms with E-state index in [-0.39, 0.29) is 22.3 Å². The Bertz CT molecular complexity index is 208. The van der Waals surface area contributed by atoms with Gasteiger partial charge in [0, 0.05) is 10.8 Å². The van der Waals surface area contributed by atoms with E-state index in [9.17, 15) is 8.42 Å². The van der Waals surface area contributed by atoms with Crippen molar-refractivity contribution in [3.05, 3.63) is 0 Å². The summed E-state index contributed by atoms with van der Waals surface area (Å²) in [5.74, 6) is 0.0720. The molecule has 2 atom stereocenters. The molecule has 80 valence electrons. The van der Waals surface area contributed by atoms with Gasteiger partial charge in [-0.15, -0.1) is 23.2 Å². The number of halogens is 2. The molecular formula is C8H16Cl2O2S. The summed E-state index contributed by atoms with van der Waals surface area (Å²) in [5.41, 5.74) is 0. The molecule has 13 heavy (non-hydrogen) atoms. The van der Waals surface area contributed by atoms with E-state index in [1.54, 1.807) is 0 Å². The van der Waals surface area contributed by atoms with Crippen molar-refractivity contribution < 1.29 is 8.42 Å². The van der Waals surface area contributed by atoms with Crippen molar-refractivity contribution in [3.63, 3.8) is 0 Å². The molecule has 0 fully saturated rings. The number of rotatable bonds is 6. The van der Waals surface area contributed by atoms with Crippen molar-refractivity contribution in [2.45, 2.75) is 37.4 Å². The van der Waals surface area contributed by atoms with Crippen molar-refractivity contribution >= 4 is 33.0 Å². The Morgan fingerprint density at radius 1 is 1.00 bits per heavy atom. The fourth-order valence-corrected chi connectivity index (χ4v) is 3.72. The third-order valence-electron chi connectivity index (χ3n) is 1.76. The van der Waals surface area contributed by atoms with Gasteiger partial charge < -0.3 is 0 Å². The lowest BCUT2D eigenvalue weighted by atomic mass is 10.4. The SMILES string of the molecule is CCC(Cl)CS(=O)(=O)CC(Cl)CC. The summed E-state index contributed by atoms with van der Waals surface area (Å²) in [5, 5.41) is -0.573. The van der Waals surface area contributed by atoms with Gasteiger partial charge in [-0.2, -0.15) is 0 Å². The highest BCUT2D eigenvalue weighted by atomic mass is 35.5. The maximum Gasteiger partial charge on any atom is 0.153 e. The molecule has 0 rings (SSSR count). The summed E-state index contributed by atoms with van der Waals surface area (Å²) in [7, 11) is -3.07. The van der Waals surface area contributed by atoms with Crippen LogP contribution in [0.25, 0.3) is 0 Å². The number of hydrogen-bond acceptors (Lipinski definition) is 2. The number of sulfone groups is 1. The first kappa shape index (κ1) is 13.5. The molecule has 0 bridgehead atoms. The van der Waals surface area contributed by atoms with Crippen LogP contribution in [-0.2, 0) is 9.84 Å². The third kappa shape index (κ3) is 6.58. The fraction of sp³-hybridized carbons (Fsp3) is 1.00. The summed E-state index contributed by atoms with van der Waals surface area (Å²) in [6, 6.07) is 0. The van der Waals surface area contributed by atoms with Crippen LogP contribution in [0, 0.1) is 0 Å². The first-order valence-corrected chi connectivity index (χ1v) is 7.09. The molecule has 5 heteroatoms. The minimum atomic E-state index is -3.07. The van der Waals surface area contributed by atoms with Crippen LogP contribution in [0.4, 0.5) is 0 Å². The van der Waals surface area contributed by atoms with Gasteiger partial charge in [-0.05, 0) is 12.8 Å². The summed E-state index contributed by atoms with van der Waals surface area (Å²) >= 11 is 11.5. The number of hydrogen-bond donors (Lipinski definition) is 0. The van der Waals surface area contributed by atoms with Crippen LogP contribution in [-0.4, -0.2) is 30.7 Å². The van der Waals surface area contributed by atoms with E-state index in [0.29, 0.717) is 12.8 Å². The molecule has 0 N–H and O–H groups in total. The Balaban J connectivity index is 4.09. The summed E-state index contributed by atoms with van der Waals surface area (Å²) in [4.78, 5) is 0. The Morgan fingerprint density at radius 2 is 1.31 bits per heavy atom. The van der Waals surface area contributed by atoms with Gasteiger partial charge in [-0.1, -0.05) is 13.8 Å². The van der Waals surface area contributed by atoms with Crippen LogP contribution in [0.3, 0.4) is 0 Å². The van der Waals surface area contributed by atoms with E-state index < -0.39 is 9.84 Å². The summed E-state index contributed by atoms with van der Waals surface area (Å²) in [6.45, 7) is 3.73. The van der Waals surface area contributed by atoms with Gasteiger partial charge in [0.2, 0.25) is 0 Å². The van der Waals surface area contributed by atoms with Gasteiger partial charge in [0.25, 0.3) is 0 Å². The quantitative estimate of drug-likeness (QED) is 0.675. The van der Waals surface area contributed by atoms with Crippen LogP contribution in [0.2, 0.25) is 0 Å². The Labute approximate surface area is 90.5 Å². The highest BCUT2D eigenvalue weighted by Crippen LogP contribution is 2.10. The molecule has 0 aromatic carbocycles. The Hall–Kier alpha value is 0.530. The van der Waals surface area contributed by atoms with Gasteiger partial charge >= 0.3 is 0 Å². The lowest BCUT2D eigenvalue weighted by Crippen LogP contribution is -2.23. The molecule has 0 aromatic heterocycles. The van der Waals surface area contributed by atoms with Crippen molar-refractivity contribution in [3.8, 4) is 0 Å². The van der Waals surface area contributed by atoms with Gasteiger partial charge in [-0.3, -0.25) is 0 Å².